The summed E-state index contributed by atoms with van der Waals surface area (Å²) in [5.74, 6) is -0.589. The summed E-state index contributed by atoms with van der Waals surface area (Å²) in [6.07, 6.45) is 1.54. The van der Waals surface area contributed by atoms with Crippen LogP contribution in [0.1, 0.15) is 21.6 Å². The molecule has 0 bridgehead atoms. The third kappa shape index (κ3) is 4.01. The van der Waals surface area contributed by atoms with E-state index in [0.717, 1.165) is 16.8 Å². The smallest absolute Gasteiger partial charge is 0.274 e. The number of carbonyl (C=O) groups excluding carboxylic acids is 1. The van der Waals surface area contributed by atoms with Gasteiger partial charge in [-0.05, 0) is 61.4 Å². The summed E-state index contributed by atoms with van der Waals surface area (Å²) in [5, 5.41) is 5.92. The molecule has 0 fully saturated rings. The maximum atomic E-state index is 13.2. The normalized spacial score (nSPS) is 10.4. The van der Waals surface area contributed by atoms with E-state index in [1.165, 1.54) is 12.1 Å². The van der Waals surface area contributed by atoms with Gasteiger partial charge in [-0.3, -0.25) is 4.79 Å². The zero-order valence-electron chi connectivity index (χ0n) is 14.0. The van der Waals surface area contributed by atoms with Crippen molar-refractivity contribution in [2.75, 3.05) is 10.6 Å². The van der Waals surface area contributed by atoms with Crippen molar-refractivity contribution in [2.24, 2.45) is 0 Å². The lowest BCUT2D eigenvalue weighted by atomic mass is 10.1. The number of carbonyl (C=O) groups is 1. The molecule has 0 aliphatic rings. The van der Waals surface area contributed by atoms with Gasteiger partial charge in [-0.1, -0.05) is 18.2 Å². The highest BCUT2D eigenvalue weighted by molar-refractivity contribution is 6.03. The minimum Gasteiger partial charge on any atom is -0.354 e. The quantitative estimate of drug-likeness (QED) is 0.718. The third-order valence-electron chi connectivity index (χ3n) is 3.96. The summed E-state index contributed by atoms with van der Waals surface area (Å²) in [6, 6.07) is 15.3. The largest absolute Gasteiger partial charge is 0.354 e. The van der Waals surface area contributed by atoms with Gasteiger partial charge in [0.25, 0.3) is 5.91 Å². The monoisotopic (exact) mass is 335 g/mol. The van der Waals surface area contributed by atoms with E-state index < -0.39 is 0 Å². The Kier molecular flexibility index (Phi) is 4.75. The van der Waals surface area contributed by atoms with Crippen LogP contribution in [0.5, 0.6) is 0 Å². The van der Waals surface area contributed by atoms with Crippen LogP contribution in [0.15, 0.2) is 60.8 Å². The van der Waals surface area contributed by atoms with Crippen molar-refractivity contribution in [2.45, 2.75) is 13.8 Å². The second-order valence-corrected chi connectivity index (χ2v) is 5.77. The van der Waals surface area contributed by atoms with Crippen molar-refractivity contribution in [3.05, 3.63) is 83.4 Å². The number of nitrogens with one attached hydrogen (secondary N) is 2. The van der Waals surface area contributed by atoms with E-state index in [4.69, 9.17) is 0 Å². The Morgan fingerprint density at radius 3 is 2.52 bits per heavy atom. The summed E-state index contributed by atoms with van der Waals surface area (Å²) in [4.78, 5) is 16.5. The van der Waals surface area contributed by atoms with Gasteiger partial charge in [0, 0.05) is 11.4 Å². The van der Waals surface area contributed by atoms with Gasteiger partial charge in [-0.15, -0.1) is 0 Å². The molecule has 2 aromatic carbocycles. The fourth-order valence-corrected chi connectivity index (χ4v) is 2.41. The lowest BCUT2D eigenvalue weighted by Crippen LogP contribution is -2.14. The van der Waals surface area contributed by atoms with Crippen LogP contribution < -0.4 is 10.6 Å². The first-order valence-electron chi connectivity index (χ1n) is 7.89. The van der Waals surface area contributed by atoms with Crippen molar-refractivity contribution in [1.29, 1.82) is 0 Å². The lowest BCUT2D eigenvalue weighted by molar-refractivity contribution is 0.102. The highest BCUT2D eigenvalue weighted by Crippen LogP contribution is 2.20. The lowest BCUT2D eigenvalue weighted by Gasteiger charge is -2.10. The molecule has 3 aromatic rings. The Bertz CT molecular complexity index is 907. The third-order valence-corrected chi connectivity index (χ3v) is 3.96. The molecule has 0 unspecified atom stereocenters. The number of pyridine rings is 1. The SMILES string of the molecule is Cc1cccc(NC(=O)c2ccc(Nc3cccc(F)c3)cn2)c1C. The summed E-state index contributed by atoms with van der Waals surface area (Å²) < 4.78 is 13.2. The molecule has 1 aromatic heterocycles. The average molecular weight is 335 g/mol. The number of rotatable bonds is 4. The Labute approximate surface area is 145 Å². The zero-order valence-corrected chi connectivity index (χ0v) is 14.0. The van der Waals surface area contributed by atoms with Gasteiger partial charge in [0.05, 0.1) is 11.9 Å². The molecule has 0 spiro atoms. The molecular formula is C20H18FN3O. The van der Waals surface area contributed by atoms with Gasteiger partial charge in [0.1, 0.15) is 11.5 Å². The van der Waals surface area contributed by atoms with Gasteiger partial charge >= 0.3 is 0 Å². The molecule has 0 saturated heterocycles. The highest BCUT2D eigenvalue weighted by Gasteiger charge is 2.10. The van der Waals surface area contributed by atoms with E-state index in [0.29, 0.717) is 17.1 Å². The summed E-state index contributed by atoms with van der Waals surface area (Å²) in [5.41, 5.74) is 4.52. The topological polar surface area (TPSA) is 54.0 Å². The predicted molar refractivity (Wildman–Crippen MR) is 97.8 cm³/mol. The van der Waals surface area contributed by atoms with Crippen LogP contribution >= 0.6 is 0 Å². The molecular weight excluding hydrogens is 317 g/mol. The van der Waals surface area contributed by atoms with Crippen LogP contribution in [0.4, 0.5) is 21.5 Å². The fourth-order valence-electron chi connectivity index (χ4n) is 2.41. The molecule has 0 saturated carbocycles. The molecule has 1 amide bonds. The van der Waals surface area contributed by atoms with Crippen molar-refractivity contribution >= 4 is 23.0 Å². The van der Waals surface area contributed by atoms with Crippen molar-refractivity contribution in [3.8, 4) is 0 Å². The molecule has 1 heterocycles. The minimum absolute atomic E-state index is 0.272. The Balaban J connectivity index is 1.71. The van der Waals surface area contributed by atoms with Gasteiger partial charge in [-0.25, -0.2) is 9.37 Å². The molecule has 4 nitrogen and oxygen atoms in total. The number of hydrogen-bond donors (Lipinski definition) is 2. The molecule has 126 valence electrons. The number of aryl methyl sites for hydroxylation is 1. The standard InChI is InChI=1S/C20H18FN3O/c1-13-5-3-8-18(14(13)2)24-20(25)19-10-9-17(12-22-19)23-16-7-4-6-15(21)11-16/h3-12,23H,1-2H3,(H,24,25). The van der Waals surface area contributed by atoms with Crippen molar-refractivity contribution in [1.82, 2.24) is 4.98 Å². The van der Waals surface area contributed by atoms with Crippen molar-refractivity contribution in [3.63, 3.8) is 0 Å². The predicted octanol–water partition coefficient (Wildman–Crippen LogP) is 4.83. The Morgan fingerprint density at radius 1 is 1.00 bits per heavy atom. The van der Waals surface area contributed by atoms with E-state index in [9.17, 15) is 9.18 Å². The van der Waals surface area contributed by atoms with E-state index in [-0.39, 0.29) is 11.7 Å². The van der Waals surface area contributed by atoms with Crippen molar-refractivity contribution < 1.29 is 9.18 Å². The Morgan fingerprint density at radius 2 is 1.80 bits per heavy atom. The number of halogens is 1. The second kappa shape index (κ2) is 7.13. The summed E-state index contributed by atoms with van der Waals surface area (Å²) >= 11 is 0. The number of anilines is 3. The maximum absolute atomic E-state index is 13.2. The molecule has 5 heteroatoms. The van der Waals surface area contributed by atoms with Gasteiger partial charge in [-0.2, -0.15) is 0 Å². The van der Waals surface area contributed by atoms with E-state index in [1.54, 1.807) is 30.5 Å². The molecule has 0 atom stereocenters. The van der Waals surface area contributed by atoms with E-state index in [2.05, 4.69) is 15.6 Å². The number of amides is 1. The van der Waals surface area contributed by atoms with Crippen LogP contribution in [-0.2, 0) is 0 Å². The molecule has 3 rings (SSSR count). The maximum Gasteiger partial charge on any atom is 0.274 e. The minimum atomic E-state index is -0.317. The average Bonchev–Trinajstić information content (AvgIpc) is 2.59. The first kappa shape index (κ1) is 16.6. The number of aromatic nitrogens is 1. The van der Waals surface area contributed by atoms with Gasteiger partial charge in [0.15, 0.2) is 0 Å². The number of benzene rings is 2. The number of nitrogens with zero attached hydrogens (tertiary/aromatic N) is 1. The molecule has 25 heavy (non-hydrogen) atoms. The van der Waals surface area contributed by atoms with Crippen LogP contribution in [0, 0.1) is 19.7 Å². The van der Waals surface area contributed by atoms with Crippen LogP contribution in [0.25, 0.3) is 0 Å². The highest BCUT2D eigenvalue weighted by atomic mass is 19.1. The zero-order chi connectivity index (χ0) is 17.8. The van der Waals surface area contributed by atoms with E-state index in [1.807, 2.05) is 32.0 Å². The first-order valence-corrected chi connectivity index (χ1v) is 7.89. The van der Waals surface area contributed by atoms with Crippen LogP contribution in [0.3, 0.4) is 0 Å². The molecule has 0 aliphatic heterocycles. The summed E-state index contributed by atoms with van der Waals surface area (Å²) in [6.45, 7) is 3.96. The van der Waals surface area contributed by atoms with E-state index >= 15 is 0 Å². The second-order valence-electron chi connectivity index (χ2n) is 5.77. The Hall–Kier alpha value is -3.21. The van der Waals surface area contributed by atoms with Gasteiger partial charge in [0.2, 0.25) is 0 Å². The molecule has 2 N–H and O–H groups in total. The van der Waals surface area contributed by atoms with Gasteiger partial charge < -0.3 is 10.6 Å². The summed E-state index contributed by atoms with van der Waals surface area (Å²) in [7, 11) is 0. The van der Waals surface area contributed by atoms with Crippen LogP contribution in [-0.4, -0.2) is 10.9 Å². The molecule has 0 aliphatic carbocycles. The fraction of sp³-hybridized carbons (Fsp3) is 0.100. The van der Waals surface area contributed by atoms with Crippen LogP contribution in [0.2, 0.25) is 0 Å². The number of hydrogen-bond acceptors (Lipinski definition) is 3. The first-order chi connectivity index (χ1) is 12.0. The molecule has 0 radical (unpaired) electrons.